The summed E-state index contributed by atoms with van der Waals surface area (Å²) >= 11 is 0. The average Bonchev–Trinajstić information content (AvgIpc) is 2.51. The summed E-state index contributed by atoms with van der Waals surface area (Å²) in [7, 11) is -3.85. The van der Waals surface area contributed by atoms with Gasteiger partial charge in [0.1, 0.15) is 5.69 Å². The van der Waals surface area contributed by atoms with Crippen molar-refractivity contribution in [2.24, 2.45) is 11.1 Å². The van der Waals surface area contributed by atoms with Gasteiger partial charge in [0, 0.05) is 25.7 Å². The molecule has 0 saturated carbocycles. The SMILES string of the molecule is NS(=O)(=O)NCC1CCCN(c2ccc(C(F)(F)F)cc2[N+](=O)[O-])C1. The number of rotatable bonds is 5. The molecule has 0 radical (unpaired) electrons. The fourth-order valence-electron chi connectivity index (χ4n) is 2.80. The Morgan fingerprint density at radius 1 is 1.40 bits per heavy atom. The van der Waals surface area contributed by atoms with Gasteiger partial charge in [-0.15, -0.1) is 0 Å². The van der Waals surface area contributed by atoms with E-state index in [9.17, 15) is 31.7 Å². The molecule has 1 fully saturated rings. The lowest BCUT2D eigenvalue weighted by atomic mass is 9.97. The summed E-state index contributed by atoms with van der Waals surface area (Å²) in [6.07, 6.45) is -3.38. The smallest absolute Gasteiger partial charge is 0.366 e. The highest BCUT2D eigenvalue weighted by Gasteiger charge is 2.34. The first kappa shape index (κ1) is 19.4. The van der Waals surface area contributed by atoms with Gasteiger partial charge in [-0.2, -0.15) is 21.6 Å². The van der Waals surface area contributed by atoms with Crippen LogP contribution in [0, 0.1) is 16.0 Å². The van der Waals surface area contributed by atoms with Crippen molar-refractivity contribution in [3.8, 4) is 0 Å². The highest BCUT2D eigenvalue weighted by molar-refractivity contribution is 7.87. The molecule has 1 heterocycles. The first-order valence-electron chi connectivity index (χ1n) is 7.35. The number of hydrogen-bond acceptors (Lipinski definition) is 5. The van der Waals surface area contributed by atoms with Gasteiger partial charge in [-0.25, -0.2) is 9.86 Å². The van der Waals surface area contributed by atoms with Gasteiger partial charge in [-0.3, -0.25) is 10.1 Å². The summed E-state index contributed by atoms with van der Waals surface area (Å²) in [5.74, 6) is -0.158. The molecule has 1 saturated heterocycles. The third kappa shape index (κ3) is 5.28. The Labute approximate surface area is 142 Å². The van der Waals surface area contributed by atoms with Crippen molar-refractivity contribution in [3.63, 3.8) is 0 Å². The van der Waals surface area contributed by atoms with E-state index in [1.807, 2.05) is 0 Å². The molecule has 1 aliphatic heterocycles. The van der Waals surface area contributed by atoms with Gasteiger partial charge in [0.15, 0.2) is 0 Å². The summed E-state index contributed by atoms with van der Waals surface area (Å²) in [4.78, 5) is 11.9. The van der Waals surface area contributed by atoms with Crippen LogP contribution in [0.2, 0.25) is 0 Å². The predicted octanol–water partition coefficient (Wildman–Crippen LogP) is 1.62. The van der Waals surface area contributed by atoms with Gasteiger partial charge in [0.05, 0.1) is 10.5 Å². The Balaban J connectivity index is 2.23. The monoisotopic (exact) mass is 382 g/mol. The highest BCUT2D eigenvalue weighted by Crippen LogP contribution is 2.37. The standard InChI is InChI=1S/C13H17F3N4O4S/c14-13(15,16)10-3-4-11(12(6-10)20(21)22)19-5-1-2-9(8-19)7-18-25(17,23)24/h3-4,6,9,18H,1-2,5,7-8H2,(H2,17,23,24). The molecule has 1 aliphatic rings. The fourth-order valence-corrected chi connectivity index (χ4v) is 3.27. The molecule has 140 valence electrons. The minimum atomic E-state index is -4.67. The predicted molar refractivity (Wildman–Crippen MR) is 84.1 cm³/mol. The quantitative estimate of drug-likeness (QED) is 0.593. The molecule has 0 bridgehead atoms. The zero-order valence-electron chi connectivity index (χ0n) is 13.0. The fraction of sp³-hybridized carbons (Fsp3) is 0.538. The Kier molecular flexibility index (Phi) is 5.54. The minimum Gasteiger partial charge on any atom is -0.366 e. The summed E-state index contributed by atoms with van der Waals surface area (Å²) in [5.41, 5.74) is -1.64. The number of benzene rings is 1. The second kappa shape index (κ2) is 7.14. The summed E-state index contributed by atoms with van der Waals surface area (Å²) in [5, 5.41) is 16.1. The minimum absolute atomic E-state index is 0.0593. The maximum Gasteiger partial charge on any atom is 0.416 e. The number of nitrogens with zero attached hydrogens (tertiary/aromatic N) is 2. The van der Waals surface area contributed by atoms with Gasteiger partial charge in [-0.1, -0.05) is 0 Å². The first-order chi connectivity index (χ1) is 11.5. The third-order valence-corrected chi connectivity index (χ3v) is 4.50. The van der Waals surface area contributed by atoms with Crippen molar-refractivity contribution in [3.05, 3.63) is 33.9 Å². The number of alkyl halides is 3. The number of halogens is 3. The largest absolute Gasteiger partial charge is 0.416 e. The van der Waals surface area contributed by atoms with E-state index in [4.69, 9.17) is 5.14 Å². The molecule has 1 unspecified atom stereocenters. The van der Waals surface area contributed by atoms with E-state index in [2.05, 4.69) is 4.72 Å². The second-order valence-corrected chi connectivity index (χ2v) is 7.18. The van der Waals surface area contributed by atoms with Crippen LogP contribution in [0.15, 0.2) is 18.2 Å². The van der Waals surface area contributed by atoms with Crippen molar-refractivity contribution in [2.75, 3.05) is 24.5 Å². The van der Waals surface area contributed by atoms with Crippen molar-refractivity contribution >= 4 is 21.6 Å². The molecule has 0 aliphatic carbocycles. The molecule has 0 spiro atoms. The van der Waals surface area contributed by atoms with E-state index in [0.717, 1.165) is 12.1 Å². The molecule has 1 aromatic rings. The first-order valence-corrected chi connectivity index (χ1v) is 8.90. The van der Waals surface area contributed by atoms with E-state index in [-0.39, 0.29) is 24.7 Å². The van der Waals surface area contributed by atoms with Crippen LogP contribution < -0.4 is 14.8 Å². The zero-order valence-corrected chi connectivity index (χ0v) is 13.8. The molecule has 1 aromatic carbocycles. The van der Waals surface area contributed by atoms with Crippen LogP contribution in [-0.4, -0.2) is 33.0 Å². The van der Waals surface area contributed by atoms with E-state index >= 15 is 0 Å². The zero-order chi connectivity index (χ0) is 18.8. The maximum atomic E-state index is 12.8. The van der Waals surface area contributed by atoms with Crippen LogP contribution in [0.25, 0.3) is 0 Å². The lowest BCUT2D eigenvalue weighted by Gasteiger charge is -2.34. The Morgan fingerprint density at radius 2 is 2.08 bits per heavy atom. The van der Waals surface area contributed by atoms with Crippen LogP contribution in [0.1, 0.15) is 18.4 Å². The van der Waals surface area contributed by atoms with Crippen molar-refractivity contribution in [1.82, 2.24) is 4.72 Å². The molecule has 0 aromatic heterocycles. The van der Waals surface area contributed by atoms with Crippen molar-refractivity contribution in [2.45, 2.75) is 19.0 Å². The average molecular weight is 382 g/mol. The van der Waals surface area contributed by atoms with Crippen LogP contribution in [-0.2, 0) is 16.4 Å². The van der Waals surface area contributed by atoms with Crippen LogP contribution in [0.5, 0.6) is 0 Å². The van der Waals surface area contributed by atoms with Gasteiger partial charge in [0.25, 0.3) is 15.9 Å². The summed E-state index contributed by atoms with van der Waals surface area (Å²) < 4.78 is 62.4. The van der Waals surface area contributed by atoms with Crippen LogP contribution in [0.3, 0.4) is 0 Å². The molecular weight excluding hydrogens is 365 g/mol. The number of nitro benzene ring substituents is 1. The number of anilines is 1. The maximum absolute atomic E-state index is 12.8. The molecule has 2 rings (SSSR count). The molecule has 0 amide bonds. The van der Waals surface area contributed by atoms with E-state index in [1.165, 1.54) is 0 Å². The van der Waals surface area contributed by atoms with Gasteiger partial charge in [0.2, 0.25) is 0 Å². The Hall–Kier alpha value is -1.92. The summed E-state index contributed by atoms with van der Waals surface area (Å²) in [6, 6.07) is 2.40. The molecule has 8 nitrogen and oxygen atoms in total. The molecule has 12 heteroatoms. The van der Waals surface area contributed by atoms with Crippen LogP contribution >= 0.6 is 0 Å². The molecule has 3 N–H and O–H groups in total. The van der Waals surface area contributed by atoms with Crippen LogP contribution in [0.4, 0.5) is 24.5 Å². The van der Waals surface area contributed by atoms with Crippen molar-refractivity contribution < 1.29 is 26.5 Å². The van der Waals surface area contributed by atoms with Gasteiger partial charge >= 0.3 is 6.18 Å². The Morgan fingerprint density at radius 3 is 2.64 bits per heavy atom. The lowest BCUT2D eigenvalue weighted by Crippen LogP contribution is -2.42. The van der Waals surface area contributed by atoms with Crippen molar-refractivity contribution in [1.29, 1.82) is 0 Å². The van der Waals surface area contributed by atoms with Gasteiger partial charge < -0.3 is 4.90 Å². The molecule has 1 atom stereocenters. The topological polar surface area (TPSA) is 119 Å². The van der Waals surface area contributed by atoms with E-state index in [1.54, 1.807) is 4.90 Å². The van der Waals surface area contributed by atoms with Gasteiger partial charge in [-0.05, 0) is 30.9 Å². The number of nitrogens with two attached hydrogens (primary N) is 1. The lowest BCUT2D eigenvalue weighted by molar-refractivity contribution is -0.384. The summed E-state index contributed by atoms with van der Waals surface area (Å²) in [6.45, 7) is 0.760. The Bertz CT molecular complexity index is 754. The third-order valence-electron chi connectivity index (χ3n) is 3.93. The highest BCUT2D eigenvalue weighted by atomic mass is 32.2. The number of nitrogens with one attached hydrogen (secondary N) is 1. The van der Waals surface area contributed by atoms with E-state index in [0.29, 0.717) is 25.5 Å². The normalized spacial score (nSPS) is 19.0. The number of hydrogen-bond donors (Lipinski definition) is 2. The van der Waals surface area contributed by atoms with E-state index < -0.39 is 32.6 Å². The molecule has 25 heavy (non-hydrogen) atoms. The number of nitro groups is 1. The molecular formula is C13H17F3N4O4S. The number of piperidine rings is 1. The second-order valence-electron chi connectivity index (χ2n) is 5.81.